The Bertz CT molecular complexity index is 1010. The Kier molecular flexibility index (Phi) is 4.55. The molecule has 4 amide bonds. The summed E-state index contributed by atoms with van der Waals surface area (Å²) in [6, 6.07) is 9.88. The normalized spacial score (nSPS) is 15.9. The molecule has 136 valence electrons. The number of imide groups is 2. The number of carbonyl (C=O) groups is 3. The molecule has 0 aromatic heterocycles. The lowest BCUT2D eigenvalue weighted by Gasteiger charge is -2.27. The van der Waals surface area contributed by atoms with Gasteiger partial charge in [-0.25, -0.2) is 9.69 Å². The first-order valence-electron chi connectivity index (χ1n) is 8.00. The Morgan fingerprint density at radius 2 is 1.70 bits per heavy atom. The van der Waals surface area contributed by atoms with Gasteiger partial charge in [0.25, 0.3) is 17.5 Å². The van der Waals surface area contributed by atoms with Crippen LogP contribution in [0.5, 0.6) is 0 Å². The van der Waals surface area contributed by atoms with E-state index in [4.69, 9.17) is 0 Å². The molecule has 0 atom stereocenters. The van der Waals surface area contributed by atoms with Gasteiger partial charge in [0.05, 0.1) is 10.6 Å². The smallest absolute Gasteiger partial charge is 0.273 e. The van der Waals surface area contributed by atoms with Crippen molar-refractivity contribution in [2.24, 2.45) is 0 Å². The maximum Gasteiger partial charge on any atom is 0.335 e. The van der Waals surface area contributed by atoms with Crippen molar-refractivity contribution in [1.82, 2.24) is 5.32 Å². The zero-order valence-corrected chi connectivity index (χ0v) is 14.6. The van der Waals surface area contributed by atoms with Crippen molar-refractivity contribution in [3.8, 4) is 0 Å². The predicted molar refractivity (Wildman–Crippen MR) is 98.0 cm³/mol. The summed E-state index contributed by atoms with van der Waals surface area (Å²) in [6.45, 7) is 3.65. The van der Waals surface area contributed by atoms with Crippen LogP contribution in [0.1, 0.15) is 16.7 Å². The molecule has 2 aromatic carbocycles. The van der Waals surface area contributed by atoms with Crippen LogP contribution in [0.4, 0.5) is 16.2 Å². The molecule has 1 aliphatic rings. The number of hydrogen-bond donors (Lipinski definition) is 1. The van der Waals surface area contributed by atoms with Gasteiger partial charge in [0.15, 0.2) is 0 Å². The van der Waals surface area contributed by atoms with Gasteiger partial charge in [-0.3, -0.25) is 25.0 Å². The Morgan fingerprint density at radius 3 is 2.33 bits per heavy atom. The Hall–Kier alpha value is -3.81. The number of nitro benzene ring substituents is 1. The highest BCUT2D eigenvalue weighted by Gasteiger charge is 2.37. The number of benzene rings is 2. The Balaban J connectivity index is 2.04. The monoisotopic (exact) mass is 365 g/mol. The number of nitro groups is 1. The van der Waals surface area contributed by atoms with Crippen LogP contribution in [0.2, 0.25) is 0 Å². The topological polar surface area (TPSA) is 110 Å². The molecule has 3 rings (SSSR count). The fourth-order valence-electron chi connectivity index (χ4n) is 2.87. The van der Waals surface area contributed by atoms with Crippen LogP contribution in [0, 0.1) is 24.0 Å². The van der Waals surface area contributed by atoms with Gasteiger partial charge in [0, 0.05) is 12.1 Å². The lowest BCUT2D eigenvalue weighted by Crippen LogP contribution is -2.54. The van der Waals surface area contributed by atoms with Crippen LogP contribution in [0.25, 0.3) is 6.08 Å². The number of nitrogens with zero attached hydrogens (tertiary/aromatic N) is 2. The SMILES string of the molecule is Cc1cc(C)cc(N2C(=O)NC(=O)C(=Cc3cccc([N+](=O)[O-])c3)C2=O)c1. The molecule has 0 bridgehead atoms. The van der Waals surface area contributed by atoms with Gasteiger partial charge >= 0.3 is 6.03 Å². The zero-order chi connectivity index (χ0) is 19.7. The summed E-state index contributed by atoms with van der Waals surface area (Å²) in [5, 5.41) is 13.0. The lowest BCUT2D eigenvalue weighted by atomic mass is 10.1. The summed E-state index contributed by atoms with van der Waals surface area (Å²) < 4.78 is 0. The Labute approximate surface area is 154 Å². The average Bonchev–Trinajstić information content (AvgIpc) is 2.58. The second-order valence-corrected chi connectivity index (χ2v) is 6.16. The number of nitrogens with one attached hydrogen (secondary N) is 1. The van der Waals surface area contributed by atoms with Crippen molar-refractivity contribution in [3.63, 3.8) is 0 Å². The fraction of sp³-hybridized carbons (Fsp3) is 0.105. The van der Waals surface area contributed by atoms with E-state index in [1.165, 1.54) is 30.3 Å². The highest BCUT2D eigenvalue weighted by Crippen LogP contribution is 2.25. The summed E-state index contributed by atoms with van der Waals surface area (Å²) in [6.07, 6.45) is 1.23. The third kappa shape index (κ3) is 3.59. The van der Waals surface area contributed by atoms with Gasteiger partial charge in [-0.1, -0.05) is 18.2 Å². The molecule has 27 heavy (non-hydrogen) atoms. The number of non-ortho nitro benzene ring substituents is 1. The number of aryl methyl sites for hydroxylation is 2. The van der Waals surface area contributed by atoms with Crippen molar-refractivity contribution in [1.29, 1.82) is 0 Å². The molecule has 2 aromatic rings. The minimum absolute atomic E-state index is 0.171. The molecular weight excluding hydrogens is 350 g/mol. The van der Waals surface area contributed by atoms with E-state index >= 15 is 0 Å². The number of amides is 4. The number of urea groups is 1. The minimum Gasteiger partial charge on any atom is -0.273 e. The van der Waals surface area contributed by atoms with Crippen molar-refractivity contribution >= 4 is 35.3 Å². The average molecular weight is 365 g/mol. The van der Waals surface area contributed by atoms with E-state index in [-0.39, 0.29) is 11.3 Å². The molecule has 8 heteroatoms. The van der Waals surface area contributed by atoms with Gasteiger partial charge in [-0.2, -0.15) is 0 Å². The van der Waals surface area contributed by atoms with E-state index in [2.05, 4.69) is 5.32 Å². The molecular formula is C19H15N3O5. The molecule has 1 saturated heterocycles. The first kappa shape index (κ1) is 18.0. The largest absolute Gasteiger partial charge is 0.335 e. The predicted octanol–water partition coefficient (Wildman–Crippen LogP) is 2.88. The molecule has 0 aliphatic carbocycles. The lowest BCUT2D eigenvalue weighted by molar-refractivity contribution is -0.384. The van der Waals surface area contributed by atoms with Gasteiger partial charge in [-0.15, -0.1) is 0 Å². The van der Waals surface area contributed by atoms with Crippen LogP contribution in [0.15, 0.2) is 48.0 Å². The molecule has 1 aliphatic heterocycles. The van der Waals surface area contributed by atoms with E-state index in [0.717, 1.165) is 16.0 Å². The van der Waals surface area contributed by atoms with Crippen LogP contribution < -0.4 is 10.2 Å². The van der Waals surface area contributed by atoms with Gasteiger partial charge in [0.1, 0.15) is 5.57 Å². The van der Waals surface area contributed by atoms with Crippen molar-refractivity contribution in [3.05, 3.63) is 74.8 Å². The van der Waals surface area contributed by atoms with Crippen molar-refractivity contribution < 1.29 is 19.3 Å². The molecule has 1 heterocycles. The maximum absolute atomic E-state index is 12.8. The summed E-state index contributed by atoms with van der Waals surface area (Å²) in [5.41, 5.74) is 1.90. The van der Waals surface area contributed by atoms with E-state index in [9.17, 15) is 24.5 Å². The van der Waals surface area contributed by atoms with E-state index in [1.807, 2.05) is 19.9 Å². The van der Waals surface area contributed by atoms with Crippen molar-refractivity contribution in [2.75, 3.05) is 4.90 Å². The second-order valence-electron chi connectivity index (χ2n) is 6.16. The summed E-state index contributed by atoms with van der Waals surface area (Å²) in [5.74, 6) is -1.64. The third-order valence-corrected chi connectivity index (χ3v) is 3.96. The number of carbonyl (C=O) groups excluding carboxylic acids is 3. The Morgan fingerprint density at radius 1 is 1.04 bits per heavy atom. The van der Waals surface area contributed by atoms with Gasteiger partial charge in [-0.05, 0) is 48.7 Å². The molecule has 1 fully saturated rings. The van der Waals surface area contributed by atoms with E-state index in [0.29, 0.717) is 11.3 Å². The van der Waals surface area contributed by atoms with Crippen LogP contribution >= 0.6 is 0 Å². The molecule has 0 radical (unpaired) electrons. The second kappa shape index (κ2) is 6.83. The van der Waals surface area contributed by atoms with E-state index < -0.39 is 22.8 Å². The fourth-order valence-corrected chi connectivity index (χ4v) is 2.87. The minimum atomic E-state index is -0.850. The van der Waals surface area contributed by atoms with Crippen LogP contribution in [-0.2, 0) is 9.59 Å². The standard InChI is InChI=1S/C19H15N3O5/c1-11-6-12(2)8-15(7-11)21-18(24)16(17(23)20-19(21)25)10-13-4-3-5-14(9-13)22(26)27/h3-10H,1-2H3,(H,20,23,25). The summed E-state index contributed by atoms with van der Waals surface area (Å²) in [4.78, 5) is 48.4. The van der Waals surface area contributed by atoms with Crippen LogP contribution in [0.3, 0.4) is 0 Å². The summed E-state index contributed by atoms with van der Waals surface area (Å²) in [7, 11) is 0. The quantitative estimate of drug-likeness (QED) is 0.389. The highest BCUT2D eigenvalue weighted by molar-refractivity contribution is 6.39. The molecule has 0 spiro atoms. The molecule has 1 N–H and O–H groups in total. The van der Waals surface area contributed by atoms with E-state index in [1.54, 1.807) is 12.1 Å². The van der Waals surface area contributed by atoms with Crippen molar-refractivity contribution in [2.45, 2.75) is 13.8 Å². The molecule has 0 saturated carbocycles. The van der Waals surface area contributed by atoms with Gasteiger partial charge in [0.2, 0.25) is 0 Å². The maximum atomic E-state index is 12.8. The number of hydrogen-bond acceptors (Lipinski definition) is 5. The number of barbiturate groups is 1. The highest BCUT2D eigenvalue weighted by atomic mass is 16.6. The van der Waals surface area contributed by atoms with Crippen LogP contribution in [-0.4, -0.2) is 22.8 Å². The molecule has 0 unspecified atom stereocenters. The first-order valence-corrected chi connectivity index (χ1v) is 8.00. The molecule has 8 nitrogen and oxygen atoms in total. The number of anilines is 1. The number of rotatable bonds is 3. The summed E-state index contributed by atoms with van der Waals surface area (Å²) >= 11 is 0. The zero-order valence-electron chi connectivity index (χ0n) is 14.6. The third-order valence-electron chi connectivity index (χ3n) is 3.96. The van der Waals surface area contributed by atoms with Gasteiger partial charge < -0.3 is 0 Å². The first-order chi connectivity index (χ1) is 12.8.